The van der Waals surface area contributed by atoms with Gasteiger partial charge in [0, 0.05) is 38.3 Å². The van der Waals surface area contributed by atoms with Crippen LogP contribution in [-0.4, -0.2) is 39.2 Å². The van der Waals surface area contributed by atoms with Crippen LogP contribution in [0.1, 0.15) is 18.4 Å². The minimum absolute atomic E-state index is 0.0545. The molecule has 7 heteroatoms. The minimum atomic E-state index is -0.318. The van der Waals surface area contributed by atoms with Crippen LogP contribution in [0.5, 0.6) is 5.75 Å². The summed E-state index contributed by atoms with van der Waals surface area (Å²) in [6.45, 7) is 0. The van der Waals surface area contributed by atoms with Crippen molar-refractivity contribution in [2.75, 3.05) is 31.4 Å². The molecule has 0 unspecified atom stereocenters. The van der Waals surface area contributed by atoms with Crippen molar-refractivity contribution in [3.63, 3.8) is 0 Å². The molecule has 2 aromatic rings. The summed E-state index contributed by atoms with van der Waals surface area (Å²) in [6, 6.07) is 14.7. The zero-order valence-corrected chi connectivity index (χ0v) is 15.7. The Hall–Kier alpha value is -3.35. The molecule has 2 N–H and O–H groups in total. The molecule has 0 saturated carbocycles. The van der Waals surface area contributed by atoms with Crippen LogP contribution in [0.15, 0.2) is 53.6 Å². The molecule has 0 spiro atoms. The molecule has 0 radical (unpaired) electrons. The van der Waals surface area contributed by atoms with Gasteiger partial charge >= 0.3 is 0 Å². The molecule has 0 saturated heterocycles. The second-order valence-corrected chi connectivity index (χ2v) is 6.06. The van der Waals surface area contributed by atoms with Crippen molar-refractivity contribution >= 4 is 29.4 Å². The maximum absolute atomic E-state index is 11.9. The predicted octanol–water partition coefficient (Wildman–Crippen LogP) is 2.63. The molecular weight excluding hydrogens is 344 g/mol. The average Bonchev–Trinajstić information content (AvgIpc) is 2.67. The molecule has 2 rings (SSSR count). The number of carbonyl (C=O) groups is 2. The number of hydrazone groups is 1. The number of benzene rings is 2. The van der Waals surface area contributed by atoms with Crippen molar-refractivity contribution in [2.24, 2.45) is 5.10 Å². The first-order valence-corrected chi connectivity index (χ1v) is 8.51. The summed E-state index contributed by atoms with van der Waals surface area (Å²) in [7, 11) is 5.51. The SMILES string of the molecule is COc1ccc(NC(=O)CCC(=O)NN=Cc2ccc(N(C)C)cc2)cc1. The molecular formula is C20H24N4O3. The van der Waals surface area contributed by atoms with Crippen LogP contribution in [0.25, 0.3) is 0 Å². The molecule has 0 bridgehead atoms. The van der Waals surface area contributed by atoms with E-state index in [2.05, 4.69) is 15.8 Å². The van der Waals surface area contributed by atoms with Crippen molar-refractivity contribution in [2.45, 2.75) is 12.8 Å². The van der Waals surface area contributed by atoms with E-state index in [9.17, 15) is 9.59 Å². The highest BCUT2D eigenvalue weighted by molar-refractivity contribution is 5.93. The smallest absolute Gasteiger partial charge is 0.240 e. The maximum Gasteiger partial charge on any atom is 0.240 e. The number of nitrogens with zero attached hydrogens (tertiary/aromatic N) is 2. The number of hydrogen-bond donors (Lipinski definition) is 2. The molecule has 2 aromatic carbocycles. The zero-order chi connectivity index (χ0) is 19.6. The van der Waals surface area contributed by atoms with Crippen LogP contribution in [0.4, 0.5) is 11.4 Å². The summed E-state index contributed by atoms with van der Waals surface area (Å²) in [5, 5.41) is 6.64. The Labute approximate surface area is 159 Å². The fraction of sp³-hybridized carbons (Fsp3) is 0.250. The van der Waals surface area contributed by atoms with Gasteiger partial charge in [-0.3, -0.25) is 9.59 Å². The predicted molar refractivity (Wildman–Crippen MR) is 107 cm³/mol. The van der Waals surface area contributed by atoms with E-state index in [1.807, 2.05) is 43.3 Å². The molecule has 0 aliphatic carbocycles. The number of hydrogen-bond acceptors (Lipinski definition) is 5. The summed E-state index contributed by atoms with van der Waals surface area (Å²) >= 11 is 0. The van der Waals surface area contributed by atoms with E-state index in [4.69, 9.17) is 4.74 Å². The number of ether oxygens (including phenoxy) is 1. The summed E-state index contributed by atoms with van der Waals surface area (Å²) in [6.07, 6.45) is 1.69. The Morgan fingerprint density at radius 1 is 1.00 bits per heavy atom. The van der Waals surface area contributed by atoms with Crippen LogP contribution in [0.3, 0.4) is 0 Å². The number of methoxy groups -OCH3 is 1. The Bertz CT molecular complexity index is 784. The van der Waals surface area contributed by atoms with Gasteiger partial charge in [-0.2, -0.15) is 5.10 Å². The Kier molecular flexibility index (Phi) is 7.37. The summed E-state index contributed by atoms with van der Waals surface area (Å²) < 4.78 is 5.06. The highest BCUT2D eigenvalue weighted by atomic mass is 16.5. The van der Waals surface area contributed by atoms with Gasteiger partial charge in [-0.05, 0) is 42.0 Å². The maximum atomic E-state index is 11.9. The topological polar surface area (TPSA) is 83.0 Å². The van der Waals surface area contributed by atoms with Crippen LogP contribution >= 0.6 is 0 Å². The van der Waals surface area contributed by atoms with Crippen LogP contribution < -0.4 is 20.4 Å². The minimum Gasteiger partial charge on any atom is -0.497 e. The number of rotatable bonds is 8. The number of carbonyl (C=O) groups excluding carboxylic acids is 2. The summed E-state index contributed by atoms with van der Waals surface area (Å²) in [5.74, 6) is 0.154. The number of amides is 2. The molecule has 0 aromatic heterocycles. The highest BCUT2D eigenvalue weighted by Gasteiger charge is 2.07. The Morgan fingerprint density at radius 3 is 2.22 bits per heavy atom. The second-order valence-electron chi connectivity index (χ2n) is 6.06. The third-order valence-electron chi connectivity index (χ3n) is 3.77. The van der Waals surface area contributed by atoms with Gasteiger partial charge in [0.25, 0.3) is 0 Å². The third kappa shape index (κ3) is 6.81. The molecule has 0 fully saturated rings. The summed E-state index contributed by atoms with van der Waals surface area (Å²) in [4.78, 5) is 25.7. The molecule has 7 nitrogen and oxygen atoms in total. The van der Waals surface area contributed by atoms with E-state index in [0.717, 1.165) is 11.3 Å². The molecule has 0 aliphatic heterocycles. The first-order valence-electron chi connectivity index (χ1n) is 8.51. The van der Waals surface area contributed by atoms with Crippen LogP contribution in [0.2, 0.25) is 0 Å². The van der Waals surface area contributed by atoms with Crippen LogP contribution in [-0.2, 0) is 9.59 Å². The largest absolute Gasteiger partial charge is 0.497 e. The molecule has 142 valence electrons. The normalized spacial score (nSPS) is 10.5. The van der Waals surface area contributed by atoms with Gasteiger partial charge in [-0.15, -0.1) is 0 Å². The third-order valence-corrected chi connectivity index (χ3v) is 3.77. The van der Waals surface area contributed by atoms with Gasteiger partial charge in [0.1, 0.15) is 5.75 Å². The van der Waals surface area contributed by atoms with E-state index < -0.39 is 0 Å². The van der Waals surface area contributed by atoms with Gasteiger partial charge in [0.2, 0.25) is 11.8 Å². The van der Waals surface area contributed by atoms with Crippen molar-refractivity contribution in [3.8, 4) is 5.75 Å². The number of nitrogens with one attached hydrogen (secondary N) is 2. The van der Waals surface area contributed by atoms with Crippen molar-refractivity contribution in [1.29, 1.82) is 0 Å². The standard InChI is InChI=1S/C20H24N4O3/c1-24(2)17-8-4-15(5-9-17)14-21-23-20(26)13-12-19(25)22-16-6-10-18(27-3)11-7-16/h4-11,14H,12-13H2,1-3H3,(H,22,25)(H,23,26). The fourth-order valence-corrected chi connectivity index (χ4v) is 2.22. The second kappa shape index (κ2) is 9.96. The van der Waals surface area contributed by atoms with Gasteiger partial charge in [-0.1, -0.05) is 12.1 Å². The average molecular weight is 368 g/mol. The summed E-state index contributed by atoms with van der Waals surface area (Å²) in [5.41, 5.74) is 5.04. The fourth-order valence-electron chi connectivity index (χ4n) is 2.22. The first-order chi connectivity index (χ1) is 13.0. The van der Waals surface area contributed by atoms with Crippen molar-refractivity contribution < 1.29 is 14.3 Å². The van der Waals surface area contributed by atoms with Gasteiger partial charge < -0.3 is 15.0 Å². The van der Waals surface area contributed by atoms with Gasteiger partial charge in [0.05, 0.1) is 13.3 Å². The van der Waals surface area contributed by atoms with E-state index in [1.54, 1.807) is 37.6 Å². The molecule has 0 aliphatic rings. The van der Waals surface area contributed by atoms with E-state index in [1.165, 1.54) is 0 Å². The van der Waals surface area contributed by atoms with E-state index in [0.29, 0.717) is 11.4 Å². The van der Waals surface area contributed by atoms with Crippen molar-refractivity contribution in [1.82, 2.24) is 5.43 Å². The molecule has 27 heavy (non-hydrogen) atoms. The zero-order valence-electron chi connectivity index (χ0n) is 15.7. The lowest BCUT2D eigenvalue weighted by Gasteiger charge is -2.11. The van der Waals surface area contributed by atoms with E-state index in [-0.39, 0.29) is 24.7 Å². The lowest BCUT2D eigenvalue weighted by atomic mass is 10.2. The lowest BCUT2D eigenvalue weighted by molar-refractivity contribution is -0.124. The Morgan fingerprint density at radius 2 is 1.63 bits per heavy atom. The highest BCUT2D eigenvalue weighted by Crippen LogP contribution is 2.15. The molecule has 0 heterocycles. The Balaban J connectivity index is 1.72. The lowest BCUT2D eigenvalue weighted by Crippen LogP contribution is -2.20. The van der Waals surface area contributed by atoms with E-state index >= 15 is 0 Å². The molecule has 2 amide bonds. The first kappa shape index (κ1) is 20.0. The van der Waals surface area contributed by atoms with Crippen molar-refractivity contribution in [3.05, 3.63) is 54.1 Å². The van der Waals surface area contributed by atoms with Gasteiger partial charge in [0.15, 0.2) is 0 Å². The molecule has 0 atom stereocenters. The van der Waals surface area contributed by atoms with Gasteiger partial charge in [-0.25, -0.2) is 5.43 Å². The monoisotopic (exact) mass is 368 g/mol. The number of anilines is 2. The quantitative estimate of drug-likeness (QED) is 0.554. The van der Waals surface area contributed by atoms with Crippen LogP contribution in [0, 0.1) is 0 Å².